The van der Waals surface area contributed by atoms with Crippen LogP contribution in [0.15, 0.2) is 6.20 Å². The number of nitrogen functional groups attached to an aromatic ring is 1. The van der Waals surface area contributed by atoms with Crippen LogP contribution in [0.25, 0.3) is 5.52 Å². The Kier molecular flexibility index (Phi) is 10.4. The number of rotatable bonds is 4. The van der Waals surface area contributed by atoms with Gasteiger partial charge in [0.15, 0.2) is 0 Å². The first-order valence-electron chi connectivity index (χ1n) is 11.7. The quantitative estimate of drug-likeness (QED) is 0.451. The number of aromatic nitrogens is 3. The molecule has 0 bridgehead atoms. The van der Waals surface area contributed by atoms with E-state index in [1.54, 1.807) is 24.6 Å². The molecule has 1 aliphatic heterocycles. The summed E-state index contributed by atoms with van der Waals surface area (Å²) in [5, 5.41) is 22.3. The lowest BCUT2D eigenvalue weighted by atomic mass is 9.64. The minimum absolute atomic E-state index is 0.00190. The summed E-state index contributed by atoms with van der Waals surface area (Å²) in [5.74, 6) is -0.719. The Morgan fingerprint density at radius 1 is 1.32 bits per heavy atom. The number of carboxylic acid groups (broad SMARTS) is 1. The number of nitrogens with two attached hydrogens (primary N) is 2. The van der Waals surface area contributed by atoms with Gasteiger partial charge in [0.05, 0.1) is 22.5 Å². The Morgan fingerprint density at radius 2 is 1.94 bits per heavy atom. The van der Waals surface area contributed by atoms with E-state index in [1.807, 2.05) is 0 Å². The topological polar surface area (TPSA) is 147 Å². The average molecular weight is 510 g/mol. The normalized spacial score (nSPS) is 18.1. The predicted octanol–water partition coefficient (Wildman–Crippen LogP) is 4.04. The first-order valence-corrected chi connectivity index (χ1v) is 12.5. The molecule has 9 nitrogen and oxygen atoms in total. The molecule has 0 spiro atoms. The molecule has 2 aromatic rings. The zero-order valence-corrected chi connectivity index (χ0v) is 21.8. The Labute approximate surface area is 212 Å². The number of halogens is 1. The molecule has 34 heavy (non-hydrogen) atoms. The molecule has 1 unspecified atom stereocenters. The lowest BCUT2D eigenvalue weighted by Crippen LogP contribution is -2.35. The van der Waals surface area contributed by atoms with E-state index in [9.17, 15) is 10.1 Å². The molecule has 188 valence electrons. The number of anilines is 1. The van der Waals surface area contributed by atoms with Crippen LogP contribution in [0.4, 0.5) is 5.95 Å². The van der Waals surface area contributed by atoms with Crippen LogP contribution in [-0.4, -0.2) is 49.1 Å². The summed E-state index contributed by atoms with van der Waals surface area (Å²) in [7, 11) is 0. The minimum atomic E-state index is -0.931. The first kappa shape index (κ1) is 28.2. The van der Waals surface area contributed by atoms with Crippen LogP contribution in [0.3, 0.4) is 0 Å². The van der Waals surface area contributed by atoms with E-state index in [0.717, 1.165) is 25.0 Å². The number of aliphatic carboxylic acids is 1. The molecular formula is C23H36ClN7O2S. The van der Waals surface area contributed by atoms with E-state index in [2.05, 4.69) is 40.2 Å². The third-order valence-corrected chi connectivity index (χ3v) is 7.36. The molecule has 5 N–H and O–H groups in total. The van der Waals surface area contributed by atoms with Crippen molar-refractivity contribution in [1.82, 2.24) is 18.9 Å². The zero-order chi connectivity index (χ0) is 25.5. The standard InChI is InChI=1S/C13H14ClN5.C5H11NO2.C5H11NS/c1-2-13(4-3-5-13)11-8(6-15)10(14)9-7-17-12(16)18-19(9)11;1-3(2)4(6)5(7)8;7-6-4-2-1-3-5-6/h7H,2-5H2,1H3,(H2,16,18);3-4H,6H2,1-2H3,(H,7,8);7H,1-5H2. The second kappa shape index (κ2) is 12.6. The summed E-state index contributed by atoms with van der Waals surface area (Å²) in [5.41, 5.74) is 12.9. The number of hydrogen-bond acceptors (Lipinski definition) is 8. The third kappa shape index (κ3) is 6.54. The second-order valence-corrected chi connectivity index (χ2v) is 10.1. The summed E-state index contributed by atoms with van der Waals surface area (Å²) < 4.78 is 3.80. The molecule has 1 aliphatic carbocycles. The van der Waals surface area contributed by atoms with Gasteiger partial charge >= 0.3 is 5.97 Å². The van der Waals surface area contributed by atoms with Crippen molar-refractivity contribution in [2.45, 2.75) is 77.2 Å². The SMILES string of the molecule is CC(C)C(N)C(=O)O.CCC1(c2c(C#N)c(Cl)c3cnc(N)nn23)CCC1.SN1CCCCC1. The van der Waals surface area contributed by atoms with Crippen LogP contribution in [0.5, 0.6) is 0 Å². The van der Waals surface area contributed by atoms with Crippen molar-refractivity contribution in [3.8, 4) is 6.07 Å². The van der Waals surface area contributed by atoms with Crippen molar-refractivity contribution < 1.29 is 9.90 Å². The fourth-order valence-corrected chi connectivity index (χ4v) is 4.68. The number of carbonyl (C=O) groups is 1. The van der Waals surface area contributed by atoms with Gasteiger partial charge in [0.25, 0.3) is 0 Å². The third-order valence-electron chi connectivity index (χ3n) is 6.58. The van der Waals surface area contributed by atoms with Gasteiger partial charge in [-0.1, -0.05) is 58.0 Å². The maximum absolute atomic E-state index is 10.0. The van der Waals surface area contributed by atoms with Gasteiger partial charge in [0.1, 0.15) is 17.6 Å². The van der Waals surface area contributed by atoms with Crippen molar-refractivity contribution in [2.24, 2.45) is 11.7 Å². The molecule has 4 rings (SSSR count). The molecule has 3 heterocycles. The van der Waals surface area contributed by atoms with E-state index in [0.29, 0.717) is 16.1 Å². The second-order valence-electron chi connectivity index (χ2n) is 9.17. The highest BCUT2D eigenvalue weighted by molar-refractivity contribution is 7.77. The largest absolute Gasteiger partial charge is 0.480 e. The van der Waals surface area contributed by atoms with Gasteiger partial charge < -0.3 is 16.6 Å². The number of nitrogens with zero attached hydrogens (tertiary/aromatic N) is 5. The van der Waals surface area contributed by atoms with Crippen LogP contribution in [0.1, 0.15) is 77.0 Å². The number of nitriles is 1. The molecule has 2 fully saturated rings. The molecular weight excluding hydrogens is 474 g/mol. The highest BCUT2D eigenvalue weighted by atomic mass is 35.5. The van der Waals surface area contributed by atoms with Gasteiger partial charge in [0, 0.05) is 18.5 Å². The molecule has 11 heteroatoms. The number of hydrogen-bond donors (Lipinski definition) is 4. The molecule has 1 saturated carbocycles. The monoisotopic (exact) mass is 509 g/mol. The number of thiol groups is 1. The summed E-state index contributed by atoms with van der Waals surface area (Å²) in [4.78, 5) is 14.0. The Bertz CT molecular complexity index is 1010. The van der Waals surface area contributed by atoms with Crippen LogP contribution in [0, 0.1) is 17.2 Å². The van der Waals surface area contributed by atoms with Crippen LogP contribution >= 0.6 is 24.4 Å². The van der Waals surface area contributed by atoms with E-state index >= 15 is 0 Å². The van der Waals surface area contributed by atoms with Gasteiger partial charge in [-0.2, -0.15) is 5.26 Å². The van der Waals surface area contributed by atoms with Crippen molar-refractivity contribution in [3.63, 3.8) is 0 Å². The van der Waals surface area contributed by atoms with E-state index in [-0.39, 0.29) is 17.3 Å². The van der Waals surface area contributed by atoms with E-state index in [4.69, 9.17) is 28.2 Å². The highest BCUT2D eigenvalue weighted by Crippen LogP contribution is 2.49. The first-order chi connectivity index (χ1) is 16.1. The summed E-state index contributed by atoms with van der Waals surface area (Å²) in [6.07, 6.45) is 9.91. The minimum Gasteiger partial charge on any atom is -0.480 e. The van der Waals surface area contributed by atoms with Gasteiger partial charge in [0.2, 0.25) is 5.95 Å². The summed E-state index contributed by atoms with van der Waals surface area (Å²) in [6, 6.07) is 1.51. The van der Waals surface area contributed by atoms with Crippen LogP contribution in [0.2, 0.25) is 5.02 Å². The molecule has 0 aromatic carbocycles. The summed E-state index contributed by atoms with van der Waals surface area (Å²) in [6.45, 7) is 8.06. The molecule has 1 atom stereocenters. The maximum atomic E-state index is 10.0. The number of carboxylic acids is 1. The van der Waals surface area contributed by atoms with Crippen LogP contribution < -0.4 is 11.5 Å². The van der Waals surface area contributed by atoms with Gasteiger partial charge in [-0.15, -0.1) is 5.10 Å². The Hall–Kier alpha value is -2.06. The lowest BCUT2D eigenvalue weighted by Gasteiger charge is -2.41. The van der Waals surface area contributed by atoms with E-state index < -0.39 is 12.0 Å². The highest BCUT2D eigenvalue weighted by Gasteiger charge is 2.42. The van der Waals surface area contributed by atoms with Crippen molar-refractivity contribution in [2.75, 3.05) is 18.8 Å². The smallest absolute Gasteiger partial charge is 0.320 e. The molecule has 0 amide bonds. The fraction of sp³-hybridized carbons (Fsp3) is 0.652. The Balaban J connectivity index is 0.000000225. The van der Waals surface area contributed by atoms with Crippen molar-refractivity contribution in [1.29, 1.82) is 5.26 Å². The van der Waals surface area contributed by atoms with Gasteiger partial charge in [-0.05, 0) is 38.0 Å². The molecule has 2 aliphatic rings. The maximum Gasteiger partial charge on any atom is 0.320 e. The van der Waals surface area contributed by atoms with Gasteiger partial charge in [-0.3, -0.25) is 9.10 Å². The van der Waals surface area contributed by atoms with Crippen molar-refractivity contribution in [3.05, 3.63) is 22.5 Å². The fourth-order valence-electron chi connectivity index (χ4n) is 4.14. The van der Waals surface area contributed by atoms with Gasteiger partial charge in [-0.25, -0.2) is 9.50 Å². The van der Waals surface area contributed by atoms with E-state index in [1.165, 1.54) is 38.8 Å². The van der Waals surface area contributed by atoms with Crippen molar-refractivity contribution >= 4 is 41.9 Å². The summed E-state index contributed by atoms with van der Waals surface area (Å²) >= 11 is 10.5. The number of piperidine rings is 1. The van der Waals surface area contributed by atoms with Crippen LogP contribution in [-0.2, 0) is 10.2 Å². The predicted molar refractivity (Wildman–Crippen MR) is 138 cm³/mol. The molecule has 2 aromatic heterocycles. The zero-order valence-electron chi connectivity index (χ0n) is 20.2. The molecule has 0 radical (unpaired) electrons. The Morgan fingerprint density at radius 3 is 2.29 bits per heavy atom. The average Bonchev–Trinajstić information content (AvgIpc) is 3.05. The number of fused-ring (bicyclic) bond motifs is 1. The lowest BCUT2D eigenvalue weighted by molar-refractivity contribution is -0.139. The molecule has 1 saturated heterocycles.